The van der Waals surface area contributed by atoms with Crippen LogP contribution in [0.1, 0.15) is 168 Å². The van der Waals surface area contributed by atoms with Gasteiger partial charge in [-0.2, -0.15) is 0 Å². The van der Waals surface area contributed by atoms with Crippen molar-refractivity contribution >= 4 is 5.97 Å². The summed E-state index contributed by atoms with van der Waals surface area (Å²) in [5.74, 6) is -0.322. The third-order valence-electron chi connectivity index (χ3n) is 9.45. The van der Waals surface area contributed by atoms with E-state index >= 15 is 0 Å². The van der Waals surface area contributed by atoms with E-state index < -0.39 is 24.6 Å². The van der Waals surface area contributed by atoms with Crippen LogP contribution < -0.4 is 0 Å². The highest BCUT2D eigenvalue weighted by Gasteiger charge is 2.46. The number of nitrogens with zero attached hydrogens (tertiary/aromatic N) is 1. The van der Waals surface area contributed by atoms with Crippen LogP contribution in [0.3, 0.4) is 0 Å². The summed E-state index contributed by atoms with van der Waals surface area (Å²) in [5, 5.41) is 10.7. The van der Waals surface area contributed by atoms with Gasteiger partial charge >= 0.3 is 5.97 Å². The zero-order valence-corrected chi connectivity index (χ0v) is 34.2. The summed E-state index contributed by atoms with van der Waals surface area (Å²) < 4.78 is 23.7. The Hall–Kier alpha value is -1.77. The van der Waals surface area contributed by atoms with Crippen LogP contribution in [0.25, 0.3) is 0 Å². The summed E-state index contributed by atoms with van der Waals surface area (Å²) in [6.07, 6.45) is 44.4. The minimum atomic E-state index is -1.09. The second-order valence-electron chi connectivity index (χ2n) is 14.8. The first-order valence-electron chi connectivity index (χ1n) is 21.5. The summed E-state index contributed by atoms with van der Waals surface area (Å²) in [6, 6.07) is 0. The molecule has 0 spiro atoms. The van der Waals surface area contributed by atoms with E-state index in [1.165, 1.54) is 103 Å². The zero-order valence-electron chi connectivity index (χ0n) is 34.2. The average Bonchev–Trinajstić information content (AvgIpc) is 3.42. The van der Waals surface area contributed by atoms with Crippen molar-refractivity contribution < 1.29 is 28.8 Å². The van der Waals surface area contributed by atoms with E-state index in [-0.39, 0.29) is 19.1 Å². The molecule has 302 valence electrons. The van der Waals surface area contributed by atoms with Crippen LogP contribution in [0.5, 0.6) is 0 Å². The lowest BCUT2D eigenvalue weighted by Crippen LogP contribution is -2.40. The number of hydrogen-bond donors (Lipinski definition) is 1. The highest BCUT2D eigenvalue weighted by Crippen LogP contribution is 2.27. The van der Waals surface area contributed by atoms with Crippen molar-refractivity contribution in [3.05, 3.63) is 48.6 Å². The smallest absolute Gasteiger partial charge is 0.320 e. The van der Waals surface area contributed by atoms with Gasteiger partial charge in [0.05, 0.1) is 6.54 Å². The van der Waals surface area contributed by atoms with Gasteiger partial charge in [0, 0.05) is 13.2 Å². The molecule has 0 amide bonds. The second-order valence-corrected chi connectivity index (χ2v) is 14.8. The van der Waals surface area contributed by atoms with Gasteiger partial charge in [0.15, 0.2) is 6.29 Å². The van der Waals surface area contributed by atoms with Gasteiger partial charge in [-0.25, -0.2) is 0 Å². The van der Waals surface area contributed by atoms with Gasteiger partial charge in [-0.1, -0.05) is 140 Å². The molecule has 1 aliphatic heterocycles. The number of carbonyl (C=O) groups is 1. The Morgan fingerprint density at radius 1 is 0.577 bits per heavy atom. The molecule has 1 aliphatic rings. The van der Waals surface area contributed by atoms with E-state index in [9.17, 15) is 9.90 Å². The fourth-order valence-corrected chi connectivity index (χ4v) is 6.32. The molecule has 0 saturated carbocycles. The Kier molecular flexibility index (Phi) is 33.6. The molecule has 0 aromatic rings. The Labute approximate surface area is 320 Å². The lowest BCUT2D eigenvalue weighted by Gasteiger charge is -2.24. The van der Waals surface area contributed by atoms with Crippen molar-refractivity contribution in [2.24, 2.45) is 0 Å². The number of ether oxygens (including phenoxy) is 4. The normalized spacial score (nSPS) is 19.5. The van der Waals surface area contributed by atoms with Crippen LogP contribution in [-0.4, -0.2) is 81.0 Å². The highest BCUT2D eigenvalue weighted by atomic mass is 16.7. The summed E-state index contributed by atoms with van der Waals surface area (Å²) in [4.78, 5) is 14.0. The van der Waals surface area contributed by atoms with Crippen LogP contribution in [0.15, 0.2) is 48.6 Å². The Morgan fingerprint density at radius 3 is 1.42 bits per heavy atom. The second kappa shape index (κ2) is 36.2. The number of unbranched alkanes of at least 4 members (excludes halogenated alkanes) is 18. The van der Waals surface area contributed by atoms with E-state index in [2.05, 4.69) is 62.5 Å². The Morgan fingerprint density at radius 2 is 0.981 bits per heavy atom. The standard InChI is InChI=1S/C45H81NO6/c1-5-7-9-11-13-15-17-19-21-23-25-27-29-31-33-35-37-49-43-41(40-51-42(47)39-46(3)4)52-45(48)44(43)50-38-36-34-32-30-28-26-24-22-20-18-16-14-12-10-8-6-2/h13-16,19-22,41,43-45,48H,5-12,17-18,23-40H2,1-4H3/b15-13-,16-14-,21-19-,22-20-/t41-,43?,44+,45-/m1/s1. The molecular formula is C45H81NO6. The largest absolute Gasteiger partial charge is 0.462 e. The molecule has 1 N–H and O–H groups in total. The third-order valence-corrected chi connectivity index (χ3v) is 9.45. The molecule has 7 nitrogen and oxygen atoms in total. The molecule has 0 aliphatic carbocycles. The first kappa shape index (κ1) is 48.2. The lowest BCUT2D eigenvalue weighted by atomic mass is 10.1. The molecule has 1 saturated heterocycles. The number of likely N-dealkylation sites (N-methyl/N-ethyl adjacent to an activating group) is 1. The summed E-state index contributed by atoms with van der Waals surface area (Å²) in [6.45, 7) is 5.86. The van der Waals surface area contributed by atoms with Crippen LogP contribution in [0.4, 0.5) is 0 Å². The molecule has 4 atom stereocenters. The minimum Gasteiger partial charge on any atom is -0.462 e. The van der Waals surface area contributed by atoms with Gasteiger partial charge < -0.3 is 24.1 Å². The molecule has 1 unspecified atom stereocenters. The van der Waals surface area contributed by atoms with E-state index in [0.717, 1.165) is 51.4 Å². The summed E-state index contributed by atoms with van der Waals surface area (Å²) in [5.41, 5.74) is 0. The molecule has 0 aromatic heterocycles. The summed E-state index contributed by atoms with van der Waals surface area (Å²) in [7, 11) is 3.65. The molecule has 0 radical (unpaired) electrons. The number of esters is 1. The number of hydrogen-bond acceptors (Lipinski definition) is 7. The van der Waals surface area contributed by atoms with E-state index in [0.29, 0.717) is 13.2 Å². The maximum absolute atomic E-state index is 12.2. The third kappa shape index (κ3) is 28.7. The number of aliphatic hydroxyl groups is 1. The minimum absolute atomic E-state index is 0.0445. The number of allylic oxidation sites excluding steroid dienone is 8. The zero-order chi connectivity index (χ0) is 37.7. The van der Waals surface area contributed by atoms with Gasteiger partial charge in [0.1, 0.15) is 24.9 Å². The predicted molar refractivity (Wildman–Crippen MR) is 219 cm³/mol. The van der Waals surface area contributed by atoms with Gasteiger partial charge in [0.2, 0.25) is 0 Å². The van der Waals surface area contributed by atoms with Crippen LogP contribution >= 0.6 is 0 Å². The maximum Gasteiger partial charge on any atom is 0.320 e. The lowest BCUT2D eigenvalue weighted by molar-refractivity contribution is -0.161. The molecule has 1 heterocycles. The van der Waals surface area contributed by atoms with Crippen LogP contribution in [0.2, 0.25) is 0 Å². The molecule has 7 heteroatoms. The fourth-order valence-electron chi connectivity index (χ4n) is 6.32. The SMILES string of the molecule is CCCCC/C=C\C/C=C\CCCCCCCCOC1[C@@H](COC(=O)CN(C)C)O[C@@H](O)[C@H]1OCCCCCCCC/C=C\C/C=C\CCCCC. The van der Waals surface area contributed by atoms with Crippen molar-refractivity contribution in [3.8, 4) is 0 Å². The topological polar surface area (TPSA) is 77.5 Å². The van der Waals surface area contributed by atoms with Crippen LogP contribution in [0, 0.1) is 0 Å². The molecular weight excluding hydrogens is 650 g/mol. The summed E-state index contributed by atoms with van der Waals surface area (Å²) >= 11 is 0. The van der Waals surface area contributed by atoms with E-state index in [4.69, 9.17) is 18.9 Å². The number of aliphatic hydroxyl groups excluding tert-OH is 1. The van der Waals surface area contributed by atoms with Crippen LogP contribution in [-0.2, 0) is 23.7 Å². The molecule has 1 rings (SSSR count). The molecule has 0 bridgehead atoms. The highest BCUT2D eigenvalue weighted by molar-refractivity contribution is 5.71. The molecule has 0 aromatic carbocycles. The first-order chi connectivity index (χ1) is 25.5. The maximum atomic E-state index is 12.2. The fraction of sp³-hybridized carbons (Fsp3) is 0.800. The number of carbonyl (C=O) groups excluding carboxylic acids is 1. The van der Waals surface area contributed by atoms with Crippen molar-refractivity contribution in [3.63, 3.8) is 0 Å². The average molecular weight is 732 g/mol. The van der Waals surface area contributed by atoms with Gasteiger partial charge in [-0.3, -0.25) is 9.69 Å². The van der Waals surface area contributed by atoms with Gasteiger partial charge in [-0.15, -0.1) is 0 Å². The van der Waals surface area contributed by atoms with E-state index in [1.54, 1.807) is 4.90 Å². The molecule has 52 heavy (non-hydrogen) atoms. The van der Waals surface area contributed by atoms with Gasteiger partial charge in [-0.05, 0) is 91.1 Å². The van der Waals surface area contributed by atoms with Crippen molar-refractivity contribution in [2.75, 3.05) is 40.5 Å². The Balaban J connectivity index is 2.27. The molecule has 1 fully saturated rings. The van der Waals surface area contributed by atoms with Gasteiger partial charge in [0.25, 0.3) is 0 Å². The monoisotopic (exact) mass is 732 g/mol. The van der Waals surface area contributed by atoms with Crippen molar-refractivity contribution in [1.29, 1.82) is 0 Å². The predicted octanol–water partition coefficient (Wildman–Crippen LogP) is 11.2. The van der Waals surface area contributed by atoms with E-state index in [1.807, 2.05) is 14.1 Å². The van der Waals surface area contributed by atoms with Crippen molar-refractivity contribution in [1.82, 2.24) is 4.90 Å². The Bertz CT molecular complexity index is 915. The van der Waals surface area contributed by atoms with Crippen molar-refractivity contribution in [2.45, 2.75) is 193 Å². The first-order valence-corrected chi connectivity index (χ1v) is 21.5. The number of rotatable bonds is 36. The quantitative estimate of drug-likeness (QED) is 0.0390.